The van der Waals surface area contributed by atoms with Crippen molar-refractivity contribution in [3.05, 3.63) is 35.1 Å². The summed E-state index contributed by atoms with van der Waals surface area (Å²) in [6, 6.07) is 4.09. The maximum absolute atomic E-state index is 13.4. The van der Waals surface area contributed by atoms with E-state index in [0.717, 1.165) is 13.1 Å². The molecule has 1 saturated heterocycles. The fraction of sp³-hybridized carbons (Fsp3) is 0.400. The summed E-state index contributed by atoms with van der Waals surface area (Å²) in [6.07, 6.45) is 0. The number of halogens is 1. The molecule has 1 aliphatic rings. The van der Waals surface area contributed by atoms with Crippen LogP contribution in [0.4, 0.5) is 4.39 Å². The van der Waals surface area contributed by atoms with Gasteiger partial charge < -0.3 is 15.5 Å². The molecule has 0 saturated carbocycles. The van der Waals surface area contributed by atoms with E-state index in [1.165, 1.54) is 18.2 Å². The Morgan fingerprint density at radius 1 is 1.35 bits per heavy atom. The number of benzene rings is 1. The van der Waals surface area contributed by atoms with Crippen molar-refractivity contribution in [2.75, 3.05) is 39.8 Å². The van der Waals surface area contributed by atoms with Crippen molar-refractivity contribution in [2.24, 2.45) is 5.73 Å². The zero-order valence-corrected chi connectivity index (χ0v) is 11.5. The van der Waals surface area contributed by atoms with Crippen molar-refractivity contribution in [1.82, 2.24) is 9.80 Å². The van der Waals surface area contributed by atoms with Gasteiger partial charge in [0, 0.05) is 31.7 Å². The van der Waals surface area contributed by atoms with Gasteiger partial charge in [-0.15, -0.1) is 0 Å². The van der Waals surface area contributed by atoms with Gasteiger partial charge in [0.2, 0.25) is 0 Å². The summed E-state index contributed by atoms with van der Waals surface area (Å²) < 4.78 is 13.4. The number of carbonyl (C=O) groups is 1. The third-order valence-electron chi connectivity index (χ3n) is 3.33. The molecule has 2 rings (SSSR count). The molecule has 1 amide bonds. The molecule has 0 aliphatic carbocycles. The smallest absolute Gasteiger partial charge is 0.255 e. The third-order valence-corrected chi connectivity index (χ3v) is 3.33. The van der Waals surface area contributed by atoms with Gasteiger partial charge in [0.05, 0.1) is 12.1 Å². The summed E-state index contributed by atoms with van der Waals surface area (Å²) in [4.78, 5) is 16.4. The molecule has 1 aromatic rings. The van der Waals surface area contributed by atoms with Crippen LogP contribution >= 0.6 is 0 Å². The molecule has 0 bridgehead atoms. The molecule has 1 aliphatic heterocycles. The lowest BCUT2D eigenvalue weighted by Gasteiger charge is -2.32. The first-order valence-electron chi connectivity index (χ1n) is 6.58. The Kier molecular flexibility index (Phi) is 4.72. The van der Waals surface area contributed by atoms with E-state index in [2.05, 4.69) is 16.7 Å². The summed E-state index contributed by atoms with van der Waals surface area (Å²) >= 11 is 0. The minimum Gasteiger partial charge on any atom is -0.336 e. The largest absolute Gasteiger partial charge is 0.336 e. The fourth-order valence-corrected chi connectivity index (χ4v) is 2.13. The van der Waals surface area contributed by atoms with Gasteiger partial charge in [-0.3, -0.25) is 4.79 Å². The number of nitrogens with two attached hydrogens (primary N) is 1. The molecule has 1 fully saturated rings. The Bertz CT molecular complexity index is 554. The van der Waals surface area contributed by atoms with Crippen molar-refractivity contribution in [2.45, 2.75) is 0 Å². The second-order valence-corrected chi connectivity index (χ2v) is 4.79. The highest BCUT2D eigenvalue weighted by Gasteiger charge is 2.22. The summed E-state index contributed by atoms with van der Waals surface area (Å²) in [5.41, 5.74) is 6.19. The number of likely N-dealkylation sites (N-methyl/N-ethyl adjacent to an activating group) is 1. The minimum absolute atomic E-state index is 0.168. The molecular formula is C15H18FN3O. The van der Waals surface area contributed by atoms with Gasteiger partial charge in [0.25, 0.3) is 5.91 Å². The standard InChI is InChI=1S/C15H18FN3O/c1-18-7-9-19(10-8-18)15(20)14-11-13(16)5-4-12(14)3-2-6-17/h4-5,11H,6-10,17H2,1H3. The number of nitrogens with zero attached hydrogens (tertiary/aromatic N) is 2. The van der Waals surface area contributed by atoms with Crippen LogP contribution in [0.15, 0.2) is 18.2 Å². The highest BCUT2D eigenvalue weighted by Crippen LogP contribution is 2.14. The van der Waals surface area contributed by atoms with Crippen molar-refractivity contribution in [3.63, 3.8) is 0 Å². The van der Waals surface area contributed by atoms with E-state index in [0.29, 0.717) is 24.2 Å². The molecular weight excluding hydrogens is 257 g/mol. The van der Waals surface area contributed by atoms with E-state index in [4.69, 9.17) is 5.73 Å². The monoisotopic (exact) mass is 275 g/mol. The van der Waals surface area contributed by atoms with E-state index in [1.54, 1.807) is 4.90 Å². The molecule has 106 valence electrons. The van der Waals surface area contributed by atoms with Crippen LogP contribution in [0.1, 0.15) is 15.9 Å². The molecule has 1 heterocycles. The summed E-state index contributed by atoms with van der Waals surface area (Å²) in [5, 5.41) is 0. The fourth-order valence-electron chi connectivity index (χ4n) is 2.13. The zero-order valence-electron chi connectivity index (χ0n) is 11.5. The van der Waals surface area contributed by atoms with E-state index in [-0.39, 0.29) is 12.5 Å². The van der Waals surface area contributed by atoms with Crippen LogP contribution in [-0.4, -0.2) is 55.5 Å². The van der Waals surface area contributed by atoms with Crippen LogP contribution in [0, 0.1) is 17.7 Å². The van der Waals surface area contributed by atoms with Gasteiger partial charge in [0.1, 0.15) is 5.82 Å². The quantitative estimate of drug-likeness (QED) is 0.760. The number of hydrogen-bond acceptors (Lipinski definition) is 3. The predicted octanol–water partition coefficient (Wildman–Crippen LogP) is 0.524. The second-order valence-electron chi connectivity index (χ2n) is 4.79. The normalized spacial score (nSPS) is 15.7. The average Bonchev–Trinajstić information content (AvgIpc) is 2.46. The molecule has 0 spiro atoms. The Hall–Kier alpha value is -1.90. The minimum atomic E-state index is -0.430. The lowest BCUT2D eigenvalue weighted by molar-refractivity contribution is 0.0663. The van der Waals surface area contributed by atoms with Crippen LogP contribution in [0.3, 0.4) is 0 Å². The highest BCUT2D eigenvalue weighted by molar-refractivity contribution is 5.96. The number of rotatable bonds is 1. The molecule has 0 atom stereocenters. The van der Waals surface area contributed by atoms with E-state index >= 15 is 0 Å². The number of piperazine rings is 1. The topological polar surface area (TPSA) is 49.6 Å². The summed E-state index contributed by atoms with van der Waals surface area (Å²) in [7, 11) is 2.02. The van der Waals surface area contributed by atoms with E-state index < -0.39 is 5.82 Å². The third kappa shape index (κ3) is 3.35. The first kappa shape index (κ1) is 14.5. The lowest BCUT2D eigenvalue weighted by Crippen LogP contribution is -2.47. The van der Waals surface area contributed by atoms with Crippen LogP contribution in [0.5, 0.6) is 0 Å². The molecule has 20 heavy (non-hydrogen) atoms. The predicted molar refractivity (Wildman–Crippen MR) is 75.7 cm³/mol. The van der Waals surface area contributed by atoms with Gasteiger partial charge in [-0.2, -0.15) is 0 Å². The number of amides is 1. The van der Waals surface area contributed by atoms with Crippen LogP contribution in [-0.2, 0) is 0 Å². The molecule has 0 aromatic heterocycles. The Balaban J connectivity index is 2.26. The highest BCUT2D eigenvalue weighted by atomic mass is 19.1. The van der Waals surface area contributed by atoms with Crippen LogP contribution < -0.4 is 5.73 Å². The number of carbonyl (C=O) groups excluding carboxylic acids is 1. The van der Waals surface area contributed by atoms with Gasteiger partial charge in [-0.25, -0.2) is 4.39 Å². The van der Waals surface area contributed by atoms with Gasteiger partial charge in [0.15, 0.2) is 0 Å². The van der Waals surface area contributed by atoms with Gasteiger partial charge in [-0.1, -0.05) is 11.8 Å². The Labute approximate surface area is 118 Å². The molecule has 5 heteroatoms. The molecule has 4 nitrogen and oxygen atoms in total. The summed E-state index contributed by atoms with van der Waals surface area (Å²) in [5.74, 6) is 4.94. The van der Waals surface area contributed by atoms with Crippen molar-refractivity contribution in [3.8, 4) is 11.8 Å². The molecule has 0 radical (unpaired) electrons. The second kappa shape index (κ2) is 6.51. The molecule has 1 aromatic carbocycles. The molecule has 0 unspecified atom stereocenters. The van der Waals surface area contributed by atoms with Crippen molar-refractivity contribution in [1.29, 1.82) is 0 Å². The first-order valence-corrected chi connectivity index (χ1v) is 6.58. The SMILES string of the molecule is CN1CCN(C(=O)c2cc(F)ccc2C#CCN)CC1. The van der Waals surface area contributed by atoms with Gasteiger partial charge >= 0.3 is 0 Å². The maximum Gasteiger partial charge on any atom is 0.255 e. The zero-order chi connectivity index (χ0) is 14.5. The summed E-state index contributed by atoms with van der Waals surface area (Å²) in [6.45, 7) is 3.15. The van der Waals surface area contributed by atoms with Crippen molar-refractivity contribution >= 4 is 5.91 Å². The first-order chi connectivity index (χ1) is 9.61. The lowest BCUT2D eigenvalue weighted by atomic mass is 10.1. The van der Waals surface area contributed by atoms with Crippen LogP contribution in [0.2, 0.25) is 0 Å². The van der Waals surface area contributed by atoms with E-state index in [9.17, 15) is 9.18 Å². The molecule has 2 N–H and O–H groups in total. The Morgan fingerprint density at radius 3 is 2.70 bits per heavy atom. The van der Waals surface area contributed by atoms with Crippen molar-refractivity contribution < 1.29 is 9.18 Å². The van der Waals surface area contributed by atoms with Gasteiger partial charge in [-0.05, 0) is 25.2 Å². The number of hydrogen-bond donors (Lipinski definition) is 1. The van der Waals surface area contributed by atoms with E-state index in [1.807, 2.05) is 7.05 Å². The average molecular weight is 275 g/mol. The van der Waals surface area contributed by atoms with Crippen LogP contribution in [0.25, 0.3) is 0 Å². The Morgan fingerprint density at radius 2 is 2.05 bits per heavy atom. The maximum atomic E-state index is 13.4.